The van der Waals surface area contributed by atoms with Crippen LogP contribution in [0.15, 0.2) is 65.8 Å². The van der Waals surface area contributed by atoms with Gasteiger partial charge in [0, 0.05) is 5.56 Å². The van der Waals surface area contributed by atoms with Crippen LogP contribution >= 0.6 is 11.6 Å². The Morgan fingerprint density at radius 2 is 1.89 bits per heavy atom. The molecule has 3 rings (SSSR count). The topological polar surface area (TPSA) is 88.0 Å². The number of halogens is 1. The summed E-state index contributed by atoms with van der Waals surface area (Å²) in [5.74, 6) is -1.15. The molecule has 1 amide bonds. The average molecular weight is 383 g/mol. The number of carboxylic acid groups (broad SMARTS) is 1. The highest BCUT2D eigenvalue weighted by Gasteiger charge is 2.08. The molecule has 0 spiro atoms. The van der Waals surface area contributed by atoms with Crippen molar-refractivity contribution in [1.29, 1.82) is 0 Å². The summed E-state index contributed by atoms with van der Waals surface area (Å²) in [5.41, 5.74) is 3.65. The summed E-state index contributed by atoms with van der Waals surface area (Å²) in [6.07, 6.45) is 1.44. The van der Waals surface area contributed by atoms with Crippen LogP contribution in [0.2, 0.25) is 5.02 Å². The standard InChI is InChI=1S/C20H15ClN2O4/c21-17-10-13(8-9-18(17)27-12-19(24)25)11-22-23-20(26)16-7-3-5-14-4-1-2-6-15(14)16/h1-11H,12H2,(H,23,26)(H,24,25)/b22-11-. The molecule has 3 aromatic carbocycles. The number of carboxylic acids is 1. The molecule has 0 fully saturated rings. The Balaban J connectivity index is 1.69. The van der Waals surface area contributed by atoms with Crippen molar-refractivity contribution in [2.75, 3.05) is 6.61 Å². The number of benzene rings is 3. The van der Waals surface area contributed by atoms with E-state index < -0.39 is 12.6 Å². The minimum absolute atomic E-state index is 0.251. The van der Waals surface area contributed by atoms with Crippen LogP contribution in [0.1, 0.15) is 15.9 Å². The molecule has 0 aliphatic carbocycles. The van der Waals surface area contributed by atoms with Crippen molar-refractivity contribution >= 4 is 40.5 Å². The lowest BCUT2D eigenvalue weighted by molar-refractivity contribution is -0.139. The summed E-state index contributed by atoms with van der Waals surface area (Å²) in [6, 6.07) is 17.8. The van der Waals surface area contributed by atoms with Gasteiger partial charge in [0.2, 0.25) is 0 Å². The Bertz CT molecular complexity index is 1030. The molecule has 3 aromatic rings. The van der Waals surface area contributed by atoms with E-state index in [2.05, 4.69) is 10.5 Å². The Kier molecular flexibility index (Phi) is 5.68. The Labute approximate surface area is 160 Å². The first-order chi connectivity index (χ1) is 13.0. The van der Waals surface area contributed by atoms with Gasteiger partial charge in [-0.15, -0.1) is 0 Å². The largest absolute Gasteiger partial charge is 0.480 e. The zero-order chi connectivity index (χ0) is 19.2. The molecule has 7 heteroatoms. The van der Waals surface area contributed by atoms with Crippen molar-refractivity contribution in [3.63, 3.8) is 0 Å². The number of rotatable bonds is 6. The van der Waals surface area contributed by atoms with Crippen LogP contribution in [-0.4, -0.2) is 29.8 Å². The van der Waals surface area contributed by atoms with Crippen molar-refractivity contribution in [2.24, 2.45) is 5.10 Å². The van der Waals surface area contributed by atoms with Crippen LogP contribution in [0.3, 0.4) is 0 Å². The van der Waals surface area contributed by atoms with Gasteiger partial charge in [0.25, 0.3) is 5.91 Å². The van der Waals surface area contributed by atoms with E-state index in [9.17, 15) is 9.59 Å². The van der Waals surface area contributed by atoms with E-state index in [1.807, 2.05) is 36.4 Å². The molecule has 0 bridgehead atoms. The van der Waals surface area contributed by atoms with Crippen molar-refractivity contribution in [2.45, 2.75) is 0 Å². The van der Waals surface area contributed by atoms with Gasteiger partial charge in [-0.05, 0) is 40.6 Å². The van der Waals surface area contributed by atoms with Gasteiger partial charge >= 0.3 is 5.97 Å². The van der Waals surface area contributed by atoms with E-state index in [4.69, 9.17) is 21.4 Å². The number of amides is 1. The lowest BCUT2D eigenvalue weighted by Gasteiger charge is -2.06. The van der Waals surface area contributed by atoms with E-state index in [-0.39, 0.29) is 16.7 Å². The minimum atomic E-state index is -1.09. The maximum Gasteiger partial charge on any atom is 0.341 e. The smallest absolute Gasteiger partial charge is 0.341 e. The van der Waals surface area contributed by atoms with Crippen molar-refractivity contribution in [1.82, 2.24) is 5.43 Å². The Hall–Kier alpha value is -3.38. The Morgan fingerprint density at radius 3 is 2.67 bits per heavy atom. The minimum Gasteiger partial charge on any atom is -0.480 e. The SMILES string of the molecule is O=C(O)COc1ccc(/C=N\NC(=O)c2cccc3ccccc23)cc1Cl. The van der Waals surface area contributed by atoms with Gasteiger partial charge in [0.15, 0.2) is 6.61 Å². The van der Waals surface area contributed by atoms with Gasteiger partial charge in [-0.1, -0.05) is 48.0 Å². The number of hydrazone groups is 1. The summed E-state index contributed by atoms with van der Waals surface area (Å²) in [5, 5.41) is 14.6. The van der Waals surface area contributed by atoms with Crippen LogP contribution in [0.25, 0.3) is 10.8 Å². The number of hydrogen-bond donors (Lipinski definition) is 2. The average Bonchev–Trinajstić information content (AvgIpc) is 2.66. The molecule has 0 aliphatic heterocycles. The van der Waals surface area contributed by atoms with Crippen molar-refractivity contribution in [3.05, 3.63) is 76.8 Å². The predicted octanol–water partition coefficient (Wildman–Crippen LogP) is 3.72. The first-order valence-corrected chi connectivity index (χ1v) is 8.38. The van der Waals surface area contributed by atoms with Crippen LogP contribution in [0.5, 0.6) is 5.75 Å². The predicted molar refractivity (Wildman–Crippen MR) is 104 cm³/mol. The molecule has 0 heterocycles. The third-order valence-electron chi connectivity index (χ3n) is 3.72. The number of carbonyl (C=O) groups is 2. The van der Waals surface area contributed by atoms with E-state index in [0.29, 0.717) is 11.1 Å². The van der Waals surface area contributed by atoms with E-state index in [1.54, 1.807) is 24.3 Å². The van der Waals surface area contributed by atoms with E-state index in [0.717, 1.165) is 10.8 Å². The molecule has 0 aromatic heterocycles. The molecule has 136 valence electrons. The third-order valence-corrected chi connectivity index (χ3v) is 4.02. The summed E-state index contributed by atoms with van der Waals surface area (Å²) in [7, 11) is 0. The van der Waals surface area contributed by atoms with Gasteiger partial charge in [-0.2, -0.15) is 5.10 Å². The lowest BCUT2D eigenvalue weighted by Crippen LogP contribution is -2.17. The zero-order valence-electron chi connectivity index (χ0n) is 14.1. The van der Waals surface area contributed by atoms with E-state index >= 15 is 0 Å². The number of aliphatic carboxylic acids is 1. The van der Waals surface area contributed by atoms with Crippen LogP contribution in [0, 0.1) is 0 Å². The van der Waals surface area contributed by atoms with Gasteiger partial charge in [-0.3, -0.25) is 4.79 Å². The number of nitrogens with zero attached hydrogens (tertiary/aromatic N) is 1. The highest BCUT2D eigenvalue weighted by Crippen LogP contribution is 2.25. The second-order valence-corrected chi connectivity index (χ2v) is 6.01. The second kappa shape index (κ2) is 8.33. The molecule has 0 radical (unpaired) electrons. The van der Waals surface area contributed by atoms with Gasteiger partial charge in [0.05, 0.1) is 11.2 Å². The highest BCUT2D eigenvalue weighted by molar-refractivity contribution is 6.32. The molecule has 0 saturated carbocycles. The monoisotopic (exact) mass is 382 g/mol. The molecular formula is C20H15ClN2O4. The number of nitrogens with one attached hydrogen (secondary N) is 1. The molecule has 0 aliphatic rings. The van der Waals surface area contributed by atoms with Gasteiger partial charge in [-0.25, -0.2) is 10.2 Å². The summed E-state index contributed by atoms with van der Waals surface area (Å²) in [6.45, 7) is -0.478. The molecule has 2 N–H and O–H groups in total. The second-order valence-electron chi connectivity index (χ2n) is 5.60. The highest BCUT2D eigenvalue weighted by atomic mass is 35.5. The maximum atomic E-state index is 12.4. The molecule has 0 atom stereocenters. The molecule has 27 heavy (non-hydrogen) atoms. The van der Waals surface area contributed by atoms with Gasteiger partial charge < -0.3 is 9.84 Å². The summed E-state index contributed by atoms with van der Waals surface area (Å²) in [4.78, 5) is 22.9. The third kappa shape index (κ3) is 4.62. The van der Waals surface area contributed by atoms with Gasteiger partial charge in [0.1, 0.15) is 5.75 Å². The van der Waals surface area contributed by atoms with Crippen LogP contribution < -0.4 is 10.2 Å². The maximum absolute atomic E-state index is 12.4. The first kappa shape index (κ1) is 18.4. The quantitative estimate of drug-likeness (QED) is 0.502. The normalized spacial score (nSPS) is 10.9. The first-order valence-electron chi connectivity index (χ1n) is 8.00. The molecule has 0 saturated heterocycles. The van der Waals surface area contributed by atoms with Crippen LogP contribution in [0.4, 0.5) is 0 Å². The molecular weight excluding hydrogens is 368 g/mol. The molecule has 0 unspecified atom stereocenters. The fourth-order valence-electron chi connectivity index (χ4n) is 2.50. The number of fused-ring (bicyclic) bond motifs is 1. The Morgan fingerprint density at radius 1 is 1.11 bits per heavy atom. The van der Waals surface area contributed by atoms with Crippen molar-refractivity contribution < 1.29 is 19.4 Å². The number of ether oxygens (including phenoxy) is 1. The fraction of sp³-hybridized carbons (Fsp3) is 0.0500. The fourth-order valence-corrected chi connectivity index (χ4v) is 2.75. The van der Waals surface area contributed by atoms with Crippen molar-refractivity contribution in [3.8, 4) is 5.75 Å². The number of hydrogen-bond acceptors (Lipinski definition) is 4. The summed E-state index contributed by atoms with van der Waals surface area (Å²) >= 11 is 6.05. The number of carbonyl (C=O) groups excluding carboxylic acids is 1. The lowest BCUT2D eigenvalue weighted by atomic mass is 10.0. The van der Waals surface area contributed by atoms with E-state index in [1.165, 1.54) is 6.21 Å². The summed E-state index contributed by atoms with van der Waals surface area (Å²) < 4.78 is 5.05. The zero-order valence-corrected chi connectivity index (χ0v) is 14.8. The molecule has 6 nitrogen and oxygen atoms in total. The van der Waals surface area contributed by atoms with Crippen LogP contribution in [-0.2, 0) is 4.79 Å².